The molecule has 0 saturated carbocycles. The molecule has 0 aromatic heterocycles. The molecule has 102 heavy (non-hydrogen) atoms. The van der Waals surface area contributed by atoms with Crippen LogP contribution >= 0.6 is 0 Å². The van der Waals surface area contributed by atoms with Crippen molar-refractivity contribution in [1.82, 2.24) is 0 Å². The Morgan fingerprint density at radius 1 is 0.225 bits per heavy atom. The highest BCUT2D eigenvalue weighted by Crippen LogP contribution is 2.30. The van der Waals surface area contributed by atoms with Gasteiger partial charge in [-0.3, -0.25) is 0 Å². The molecule has 0 aliphatic rings. The van der Waals surface area contributed by atoms with E-state index in [1.807, 2.05) is 19.1 Å². The minimum absolute atomic E-state index is 0.134. The molecule has 552 valence electrons. The van der Waals surface area contributed by atoms with Crippen molar-refractivity contribution in [2.24, 2.45) is 43.3 Å². The number of aryl methyl sites for hydroxylation is 4. The predicted molar refractivity (Wildman–Crippen MR) is 451 cm³/mol. The highest BCUT2D eigenvalue weighted by atomic mass is 19.1. The van der Waals surface area contributed by atoms with Gasteiger partial charge in [-0.05, 0) is 218 Å². The van der Waals surface area contributed by atoms with Gasteiger partial charge < -0.3 is 0 Å². The fourth-order valence-corrected chi connectivity index (χ4v) is 11.6. The lowest BCUT2D eigenvalue weighted by molar-refractivity contribution is 0.378. The average Bonchev–Trinajstić information content (AvgIpc) is 0.781. The summed E-state index contributed by atoms with van der Waals surface area (Å²) in [7, 11) is 0. The van der Waals surface area contributed by atoms with E-state index in [1.165, 1.54) is 96.6 Å². The predicted octanol–water partition coefficient (Wildman–Crippen LogP) is 30.1. The second-order valence-electron chi connectivity index (χ2n) is 38.2. The Morgan fingerprint density at radius 3 is 1.00 bits per heavy atom. The third-order valence-electron chi connectivity index (χ3n) is 16.1. The van der Waals surface area contributed by atoms with Gasteiger partial charge in [0, 0.05) is 0 Å². The molecule has 10 aromatic carbocycles. The van der Waals surface area contributed by atoms with E-state index in [0.29, 0.717) is 32.5 Å². The number of halogens is 2. The van der Waals surface area contributed by atoms with E-state index in [4.69, 9.17) is 0 Å². The summed E-state index contributed by atoms with van der Waals surface area (Å²) in [6.45, 7) is 60.2. The fourth-order valence-electron chi connectivity index (χ4n) is 11.6. The van der Waals surface area contributed by atoms with Crippen molar-refractivity contribution in [3.8, 4) is 0 Å². The molecular formula is C100H138F2. The summed E-state index contributed by atoms with van der Waals surface area (Å²) in [6.07, 6.45) is 10.1. The quantitative estimate of drug-likeness (QED) is 0.135. The summed E-state index contributed by atoms with van der Waals surface area (Å²) in [5.74, 6) is -0.276. The maximum atomic E-state index is 12.9. The van der Waals surface area contributed by atoms with Gasteiger partial charge in [-0.1, -0.05) is 390 Å². The third kappa shape index (κ3) is 43.5. The van der Waals surface area contributed by atoms with Gasteiger partial charge in [0.25, 0.3) is 0 Å². The smallest absolute Gasteiger partial charge is 0.123 e. The van der Waals surface area contributed by atoms with E-state index >= 15 is 0 Å². The Labute approximate surface area is 624 Å². The lowest BCUT2D eigenvalue weighted by Crippen LogP contribution is -2.10. The number of fused-ring (bicyclic) bond motifs is 2. The summed E-state index contributed by atoms with van der Waals surface area (Å²) < 4.78 is 25.7. The van der Waals surface area contributed by atoms with Gasteiger partial charge >= 0.3 is 0 Å². The number of hydrogen-bond donors (Lipinski definition) is 0. The van der Waals surface area contributed by atoms with Crippen molar-refractivity contribution in [3.05, 3.63) is 309 Å². The molecule has 0 aliphatic carbocycles. The van der Waals surface area contributed by atoms with Gasteiger partial charge in [-0.25, -0.2) is 8.78 Å². The first-order valence-electron chi connectivity index (χ1n) is 37.7. The van der Waals surface area contributed by atoms with Crippen molar-refractivity contribution in [2.45, 2.75) is 245 Å². The zero-order valence-corrected chi connectivity index (χ0v) is 69.1. The van der Waals surface area contributed by atoms with Crippen LogP contribution < -0.4 is 0 Å². The number of hydrogen-bond acceptors (Lipinski definition) is 0. The molecule has 0 nitrogen and oxygen atoms in total. The molecule has 0 N–H and O–H groups in total. The molecule has 10 rings (SSSR count). The Morgan fingerprint density at radius 2 is 0.559 bits per heavy atom. The Kier molecular flexibility index (Phi) is 35.8. The molecular weight excluding hydrogens is 1240 g/mol. The van der Waals surface area contributed by atoms with Crippen molar-refractivity contribution in [3.63, 3.8) is 0 Å². The summed E-state index contributed by atoms with van der Waals surface area (Å²) >= 11 is 0. The van der Waals surface area contributed by atoms with Gasteiger partial charge in [0.15, 0.2) is 0 Å². The highest BCUT2D eigenvalue weighted by molar-refractivity contribution is 5.86. The van der Waals surface area contributed by atoms with Gasteiger partial charge in [0.1, 0.15) is 11.6 Å². The first-order valence-corrected chi connectivity index (χ1v) is 37.7. The second-order valence-corrected chi connectivity index (χ2v) is 38.2. The Hall–Kier alpha value is -7.42. The fraction of sp³-hybridized carbons (Fsp3) is 0.440. The van der Waals surface area contributed by atoms with E-state index in [9.17, 15) is 8.78 Å². The van der Waals surface area contributed by atoms with Gasteiger partial charge in [-0.2, -0.15) is 0 Å². The molecule has 0 bridgehead atoms. The SMILES string of the molecule is CC(C)(C)CCc1ccccc1.CC(C)(C)Cc1ccc2ccccc2c1.CC(C)(C)Cc1cccc(F)c1.CC(C)(C)Cc1cccc2ccccc12.CC(C)(C)Cc1ccccc1.Cc1ccc(CC(C)(C)C)cc1.Cc1ccc(CC(C)(C)C)cc1.Cc1ccc(F)cc1CC(C)(C)C. The third-order valence-corrected chi connectivity index (χ3v) is 16.1. The molecule has 0 radical (unpaired) electrons. The van der Waals surface area contributed by atoms with E-state index in [2.05, 4.69) is 374 Å². The Bertz CT molecular complexity index is 3850. The van der Waals surface area contributed by atoms with Crippen LogP contribution in [0, 0.1) is 75.7 Å². The van der Waals surface area contributed by atoms with E-state index in [0.717, 1.165) is 56.1 Å². The van der Waals surface area contributed by atoms with Crippen LogP contribution in [0.5, 0.6) is 0 Å². The second kappa shape index (κ2) is 41.2. The van der Waals surface area contributed by atoms with Crippen LogP contribution in [0.15, 0.2) is 237 Å². The van der Waals surface area contributed by atoms with Crippen LogP contribution in [0.4, 0.5) is 8.78 Å². The summed E-state index contributed by atoms with van der Waals surface area (Å²) in [5.41, 5.74) is 17.5. The van der Waals surface area contributed by atoms with Crippen molar-refractivity contribution in [1.29, 1.82) is 0 Å². The molecule has 0 amide bonds. The summed E-state index contributed by atoms with van der Waals surface area (Å²) in [5, 5.41) is 5.42. The first-order chi connectivity index (χ1) is 47.1. The molecule has 10 aromatic rings. The van der Waals surface area contributed by atoms with Crippen LogP contribution in [0.3, 0.4) is 0 Å². The molecule has 0 saturated heterocycles. The molecule has 0 atom stereocenters. The minimum atomic E-state index is -0.142. The lowest BCUT2D eigenvalue weighted by atomic mass is 9.86. The van der Waals surface area contributed by atoms with Crippen molar-refractivity contribution < 1.29 is 8.78 Å². The van der Waals surface area contributed by atoms with Gasteiger partial charge in [0.2, 0.25) is 0 Å². The maximum Gasteiger partial charge on any atom is 0.123 e. The minimum Gasteiger partial charge on any atom is -0.207 e. The highest BCUT2D eigenvalue weighted by Gasteiger charge is 2.17. The molecule has 0 unspecified atom stereocenters. The largest absolute Gasteiger partial charge is 0.207 e. The topological polar surface area (TPSA) is 0 Å². The zero-order valence-electron chi connectivity index (χ0n) is 69.1. The van der Waals surface area contributed by atoms with E-state index in [-0.39, 0.29) is 22.5 Å². The number of rotatable bonds is 9. The molecule has 0 fully saturated rings. The van der Waals surface area contributed by atoms with Crippen LogP contribution in [0.25, 0.3) is 21.5 Å². The van der Waals surface area contributed by atoms with Crippen LogP contribution in [-0.4, -0.2) is 0 Å². The average molecular weight is 1380 g/mol. The maximum absolute atomic E-state index is 12.9. The normalized spacial score (nSPS) is 11.7. The van der Waals surface area contributed by atoms with E-state index < -0.39 is 0 Å². The van der Waals surface area contributed by atoms with Crippen molar-refractivity contribution in [2.75, 3.05) is 0 Å². The van der Waals surface area contributed by atoms with Crippen LogP contribution in [-0.2, 0) is 51.4 Å². The molecule has 0 spiro atoms. The molecule has 0 aliphatic heterocycles. The zero-order chi connectivity index (χ0) is 76.8. The van der Waals surface area contributed by atoms with Crippen LogP contribution in [0.2, 0.25) is 0 Å². The Balaban J connectivity index is 0.000000304. The van der Waals surface area contributed by atoms with Crippen molar-refractivity contribution >= 4 is 21.5 Å². The summed E-state index contributed by atoms with van der Waals surface area (Å²) in [4.78, 5) is 0. The number of benzene rings is 10. The van der Waals surface area contributed by atoms with Crippen LogP contribution in [0.1, 0.15) is 234 Å². The summed E-state index contributed by atoms with van der Waals surface area (Å²) in [6, 6.07) is 81.2. The lowest BCUT2D eigenvalue weighted by Gasteiger charge is -2.19. The molecule has 2 heteroatoms. The standard InChI is InChI=1S/2C15H18.C12H17F.3C12H18.C11H15F.C11H16/c1-15(2,3)11-13-9-6-8-12-7-4-5-10-14(12)13;1-15(2,3)11-12-8-9-13-6-4-5-7-14(13)10-12;1-9-5-6-11(13)7-10(9)8-12(2,3)4;2*1-10-5-7-11(8-6-10)9-12(2,3)4;1-12(2,3)10-9-11-7-5-4-6-8-11;1-11(2,3)8-9-5-4-6-10(12)7-9;1-11(2,3)9-10-7-5-4-6-8-10/h2*4-10H,11H2,1-3H3;5-7H,8H2,1-4H3;2*5-8H,9H2,1-4H3;4-8H,9-10H2,1-3H3;4-7H,8H2,1-3H3;4-8H,9H2,1-3H3. The monoisotopic (exact) mass is 1380 g/mol. The first kappa shape index (κ1) is 88.8. The van der Waals surface area contributed by atoms with Gasteiger partial charge in [0.05, 0.1) is 0 Å². The van der Waals surface area contributed by atoms with E-state index in [1.54, 1.807) is 18.2 Å². The van der Waals surface area contributed by atoms with Gasteiger partial charge in [-0.15, -0.1) is 0 Å². The molecule has 0 heterocycles.